The van der Waals surface area contributed by atoms with E-state index in [0.29, 0.717) is 10.7 Å². The van der Waals surface area contributed by atoms with Gasteiger partial charge >= 0.3 is 0 Å². The lowest BCUT2D eigenvalue weighted by Gasteiger charge is -2.28. The predicted octanol–water partition coefficient (Wildman–Crippen LogP) is 6.68. The Kier molecular flexibility index (Phi) is 6.15. The van der Waals surface area contributed by atoms with Crippen molar-refractivity contribution in [1.29, 1.82) is 0 Å². The molecule has 1 saturated heterocycles. The molecule has 2 aromatic carbocycles. The summed E-state index contributed by atoms with van der Waals surface area (Å²) in [5, 5.41) is 4.12. The highest BCUT2D eigenvalue weighted by molar-refractivity contribution is 7.80. The highest BCUT2D eigenvalue weighted by Gasteiger charge is 2.42. The van der Waals surface area contributed by atoms with Crippen molar-refractivity contribution in [2.75, 3.05) is 4.90 Å². The molecule has 4 nitrogen and oxygen atoms in total. The van der Waals surface area contributed by atoms with Gasteiger partial charge in [0.05, 0.1) is 17.8 Å². The van der Waals surface area contributed by atoms with Crippen molar-refractivity contribution in [3.05, 3.63) is 113 Å². The summed E-state index contributed by atoms with van der Waals surface area (Å²) in [5.74, 6) is -0.223. The van der Waals surface area contributed by atoms with Crippen LogP contribution in [0.5, 0.6) is 0 Å². The summed E-state index contributed by atoms with van der Waals surface area (Å²) < 4.78 is 16.5. The maximum atomic E-state index is 14.1. The lowest BCUT2D eigenvalue weighted by atomic mass is 9.96. The first-order valence-electron chi connectivity index (χ1n) is 11.9. The number of aryl methyl sites for hydroxylation is 3. The summed E-state index contributed by atoms with van der Waals surface area (Å²) in [5.41, 5.74) is 8.35. The Hall–Kier alpha value is -3.51. The van der Waals surface area contributed by atoms with E-state index in [2.05, 4.69) is 70.9 Å². The number of hydrogen-bond acceptors (Lipinski definition) is 2. The van der Waals surface area contributed by atoms with Crippen LogP contribution in [0, 0.1) is 26.6 Å². The Morgan fingerprint density at radius 2 is 1.77 bits per heavy atom. The van der Waals surface area contributed by atoms with Crippen LogP contribution in [-0.4, -0.2) is 14.7 Å². The summed E-state index contributed by atoms with van der Waals surface area (Å²) in [4.78, 5) is 6.77. The molecule has 5 rings (SSSR count). The zero-order chi connectivity index (χ0) is 24.7. The minimum atomic E-state index is -0.223. The van der Waals surface area contributed by atoms with Crippen LogP contribution < -0.4 is 10.2 Å². The third kappa shape index (κ3) is 4.02. The Balaban J connectivity index is 1.70. The molecule has 178 valence electrons. The third-order valence-electron chi connectivity index (χ3n) is 6.92. The molecule has 4 aromatic rings. The minimum absolute atomic E-state index is 0.143. The fraction of sp³-hybridized carbons (Fsp3) is 0.241. The van der Waals surface area contributed by atoms with Gasteiger partial charge in [0.25, 0.3) is 0 Å². The van der Waals surface area contributed by atoms with E-state index < -0.39 is 0 Å². The SMILES string of the molecule is CCc1ccccc1-n1c(C)cc([C@H]2[C@H](c3ccccn3)NC(=S)N2c2ccc(F)c(C)c2)c1C. The standard InChI is InChI=1S/C29H29FN4S/c1-5-21-10-6-7-12-26(21)33-19(3)17-23(20(33)4)28-27(25-11-8-9-15-31-25)32-29(35)34(28)22-13-14-24(30)18(2)16-22/h6-17,27-28H,5H2,1-4H3,(H,32,35)/t27-,28-/m0/s1. The maximum absolute atomic E-state index is 14.1. The number of rotatable bonds is 5. The second-order valence-corrected chi connectivity index (χ2v) is 9.46. The number of nitrogens with zero attached hydrogens (tertiary/aromatic N) is 3. The number of hydrogen-bond donors (Lipinski definition) is 1. The van der Waals surface area contributed by atoms with Gasteiger partial charge in [-0.05, 0) is 98.6 Å². The van der Waals surface area contributed by atoms with E-state index in [-0.39, 0.29) is 17.9 Å². The Bertz CT molecular complexity index is 1400. The van der Waals surface area contributed by atoms with Crippen LogP contribution in [0.15, 0.2) is 72.9 Å². The molecule has 0 aliphatic carbocycles. The predicted molar refractivity (Wildman–Crippen MR) is 144 cm³/mol. The maximum Gasteiger partial charge on any atom is 0.174 e. The summed E-state index contributed by atoms with van der Waals surface area (Å²) in [7, 11) is 0. The molecule has 0 unspecified atom stereocenters. The molecule has 6 heteroatoms. The molecule has 0 bridgehead atoms. The lowest BCUT2D eigenvalue weighted by Crippen LogP contribution is -2.29. The fourth-order valence-electron chi connectivity index (χ4n) is 5.21. The van der Waals surface area contributed by atoms with Crippen LogP contribution in [0.1, 0.15) is 52.8 Å². The Labute approximate surface area is 211 Å². The third-order valence-corrected chi connectivity index (χ3v) is 7.23. The van der Waals surface area contributed by atoms with Crippen LogP contribution >= 0.6 is 12.2 Å². The average Bonchev–Trinajstić information content (AvgIpc) is 3.36. The molecule has 1 aliphatic rings. The fourth-order valence-corrected chi connectivity index (χ4v) is 5.56. The number of thiocarbonyl (C=S) groups is 1. The van der Waals surface area contributed by atoms with Crippen molar-refractivity contribution in [2.24, 2.45) is 0 Å². The van der Waals surface area contributed by atoms with E-state index in [9.17, 15) is 4.39 Å². The van der Waals surface area contributed by atoms with Crippen molar-refractivity contribution in [3.63, 3.8) is 0 Å². The summed E-state index contributed by atoms with van der Waals surface area (Å²) in [6.07, 6.45) is 2.76. The van der Waals surface area contributed by atoms with Gasteiger partial charge in [-0.1, -0.05) is 31.2 Å². The number of para-hydroxylation sites is 1. The van der Waals surface area contributed by atoms with E-state index in [0.717, 1.165) is 29.2 Å². The van der Waals surface area contributed by atoms with Crippen molar-refractivity contribution in [2.45, 2.75) is 46.2 Å². The van der Waals surface area contributed by atoms with Gasteiger partial charge in [0, 0.05) is 29.0 Å². The molecule has 0 radical (unpaired) electrons. The van der Waals surface area contributed by atoms with Crippen LogP contribution in [0.2, 0.25) is 0 Å². The molecule has 35 heavy (non-hydrogen) atoms. The average molecular weight is 485 g/mol. The molecule has 2 aromatic heterocycles. The van der Waals surface area contributed by atoms with E-state index >= 15 is 0 Å². The normalized spacial score (nSPS) is 17.6. The minimum Gasteiger partial charge on any atom is -0.351 e. The van der Waals surface area contributed by atoms with Gasteiger partial charge in [0.15, 0.2) is 5.11 Å². The molecular formula is C29H29FN4S. The van der Waals surface area contributed by atoms with Crippen molar-refractivity contribution < 1.29 is 4.39 Å². The molecule has 0 saturated carbocycles. The van der Waals surface area contributed by atoms with Gasteiger partial charge in [0.2, 0.25) is 0 Å². The zero-order valence-corrected chi connectivity index (χ0v) is 21.2. The van der Waals surface area contributed by atoms with Crippen LogP contribution in [0.25, 0.3) is 5.69 Å². The first kappa shape index (κ1) is 23.2. The van der Waals surface area contributed by atoms with Crippen molar-refractivity contribution in [3.8, 4) is 5.69 Å². The number of benzene rings is 2. The van der Waals surface area contributed by atoms with Crippen LogP contribution in [-0.2, 0) is 6.42 Å². The van der Waals surface area contributed by atoms with E-state index in [1.807, 2.05) is 30.5 Å². The highest BCUT2D eigenvalue weighted by Crippen LogP contribution is 2.44. The smallest absolute Gasteiger partial charge is 0.174 e. The highest BCUT2D eigenvalue weighted by atomic mass is 32.1. The molecular weight excluding hydrogens is 455 g/mol. The number of nitrogens with one attached hydrogen (secondary N) is 1. The number of anilines is 1. The number of halogens is 1. The topological polar surface area (TPSA) is 33.1 Å². The first-order valence-corrected chi connectivity index (χ1v) is 12.4. The monoisotopic (exact) mass is 484 g/mol. The van der Waals surface area contributed by atoms with Gasteiger partial charge < -0.3 is 14.8 Å². The van der Waals surface area contributed by atoms with Crippen LogP contribution in [0.4, 0.5) is 10.1 Å². The summed E-state index contributed by atoms with van der Waals surface area (Å²) in [6.45, 7) is 8.28. The molecule has 0 spiro atoms. The second-order valence-electron chi connectivity index (χ2n) is 9.07. The second kappa shape index (κ2) is 9.27. The van der Waals surface area contributed by atoms with Crippen LogP contribution in [0.3, 0.4) is 0 Å². The van der Waals surface area contributed by atoms with Crippen molar-refractivity contribution >= 4 is 23.0 Å². The Morgan fingerprint density at radius 1 is 1.00 bits per heavy atom. The van der Waals surface area contributed by atoms with Gasteiger partial charge in [0.1, 0.15) is 5.82 Å². The Morgan fingerprint density at radius 3 is 2.49 bits per heavy atom. The number of aromatic nitrogens is 2. The molecule has 1 fully saturated rings. The summed E-state index contributed by atoms with van der Waals surface area (Å²) >= 11 is 5.86. The van der Waals surface area contributed by atoms with Gasteiger partial charge in [-0.3, -0.25) is 4.98 Å². The van der Waals surface area contributed by atoms with Crippen molar-refractivity contribution in [1.82, 2.24) is 14.9 Å². The van der Waals surface area contributed by atoms with Gasteiger partial charge in [-0.15, -0.1) is 0 Å². The van der Waals surface area contributed by atoms with Gasteiger partial charge in [-0.25, -0.2) is 4.39 Å². The first-order chi connectivity index (χ1) is 16.9. The zero-order valence-electron chi connectivity index (χ0n) is 20.4. The molecule has 0 amide bonds. The number of pyridine rings is 1. The molecule has 3 heterocycles. The van der Waals surface area contributed by atoms with E-state index in [1.165, 1.54) is 22.9 Å². The quantitative estimate of drug-likeness (QED) is 0.321. The van der Waals surface area contributed by atoms with E-state index in [1.54, 1.807) is 13.0 Å². The van der Waals surface area contributed by atoms with Gasteiger partial charge in [-0.2, -0.15) is 0 Å². The lowest BCUT2D eigenvalue weighted by molar-refractivity contribution is 0.564. The van der Waals surface area contributed by atoms with E-state index in [4.69, 9.17) is 12.2 Å². The summed E-state index contributed by atoms with van der Waals surface area (Å²) in [6, 6.07) is 21.6. The largest absolute Gasteiger partial charge is 0.351 e. The molecule has 1 N–H and O–H groups in total. The molecule has 1 aliphatic heterocycles. The molecule has 2 atom stereocenters.